The largest absolute Gasteiger partial charge is 0.493 e. The van der Waals surface area contributed by atoms with Crippen molar-refractivity contribution in [1.82, 2.24) is 0 Å². The second-order valence-electron chi connectivity index (χ2n) is 5.09. The van der Waals surface area contributed by atoms with Crippen molar-refractivity contribution >= 4 is 0 Å². The average Bonchev–Trinajstić information content (AvgIpc) is 2.81. The van der Waals surface area contributed by atoms with Crippen LogP contribution in [0.3, 0.4) is 0 Å². The molecule has 3 rings (SSSR count). The Bertz CT molecular complexity index is 550. The van der Waals surface area contributed by atoms with E-state index in [-0.39, 0.29) is 6.04 Å². The Kier molecular flexibility index (Phi) is 3.51. The van der Waals surface area contributed by atoms with E-state index in [9.17, 15) is 0 Å². The summed E-state index contributed by atoms with van der Waals surface area (Å²) in [6, 6.07) is 16.9. The highest BCUT2D eigenvalue weighted by molar-refractivity contribution is 5.40. The lowest BCUT2D eigenvalue weighted by molar-refractivity contribution is 0.321. The molecule has 0 aliphatic heterocycles. The van der Waals surface area contributed by atoms with Crippen molar-refractivity contribution in [1.29, 1.82) is 0 Å². The van der Waals surface area contributed by atoms with Gasteiger partial charge in [0.2, 0.25) is 0 Å². The molecule has 0 saturated carbocycles. The van der Waals surface area contributed by atoms with E-state index < -0.39 is 0 Å². The van der Waals surface area contributed by atoms with Crippen LogP contribution >= 0.6 is 0 Å². The Hall–Kier alpha value is -1.80. The SMILES string of the molecule is NC1CCc2cc(OCCc3ccccc3)ccc21. The highest BCUT2D eigenvalue weighted by atomic mass is 16.5. The molecule has 2 aromatic carbocycles. The Morgan fingerprint density at radius 2 is 1.95 bits per heavy atom. The molecule has 1 aliphatic carbocycles. The lowest BCUT2D eigenvalue weighted by atomic mass is 10.1. The van der Waals surface area contributed by atoms with Crippen molar-refractivity contribution in [2.45, 2.75) is 25.3 Å². The number of benzene rings is 2. The summed E-state index contributed by atoms with van der Waals surface area (Å²) in [5, 5.41) is 0. The van der Waals surface area contributed by atoms with Crippen molar-refractivity contribution in [3.63, 3.8) is 0 Å². The second-order valence-corrected chi connectivity index (χ2v) is 5.09. The first-order valence-electron chi connectivity index (χ1n) is 6.88. The molecule has 2 aromatic rings. The molecule has 0 fully saturated rings. The van der Waals surface area contributed by atoms with Gasteiger partial charge in [-0.25, -0.2) is 0 Å². The number of nitrogens with two attached hydrogens (primary N) is 1. The van der Waals surface area contributed by atoms with E-state index in [2.05, 4.69) is 36.4 Å². The molecule has 19 heavy (non-hydrogen) atoms. The first-order chi connectivity index (χ1) is 9.33. The van der Waals surface area contributed by atoms with Crippen molar-refractivity contribution in [3.8, 4) is 5.75 Å². The minimum absolute atomic E-state index is 0.216. The number of aryl methyl sites for hydroxylation is 1. The third-order valence-electron chi connectivity index (χ3n) is 3.74. The quantitative estimate of drug-likeness (QED) is 0.907. The van der Waals surface area contributed by atoms with Crippen molar-refractivity contribution < 1.29 is 4.74 Å². The maximum atomic E-state index is 6.03. The highest BCUT2D eigenvalue weighted by Crippen LogP contribution is 2.31. The standard InChI is InChI=1S/C17H19NO/c18-17-9-6-14-12-15(7-8-16(14)17)19-11-10-13-4-2-1-3-5-13/h1-5,7-8,12,17H,6,9-11,18H2. The molecule has 0 aromatic heterocycles. The average molecular weight is 253 g/mol. The summed E-state index contributed by atoms with van der Waals surface area (Å²) in [6.07, 6.45) is 3.08. The van der Waals surface area contributed by atoms with Crippen molar-refractivity contribution in [3.05, 3.63) is 65.2 Å². The summed E-state index contributed by atoms with van der Waals surface area (Å²) >= 11 is 0. The molecule has 0 heterocycles. The Morgan fingerprint density at radius 3 is 2.79 bits per heavy atom. The van der Waals surface area contributed by atoms with Gasteiger partial charge < -0.3 is 10.5 Å². The van der Waals surface area contributed by atoms with Crippen LogP contribution in [0.2, 0.25) is 0 Å². The summed E-state index contributed by atoms with van der Waals surface area (Å²) in [6.45, 7) is 0.717. The Labute approximate surface area is 114 Å². The van der Waals surface area contributed by atoms with Gasteiger partial charge in [-0.2, -0.15) is 0 Å². The van der Waals surface area contributed by atoms with E-state index in [4.69, 9.17) is 10.5 Å². The molecule has 98 valence electrons. The summed E-state index contributed by atoms with van der Waals surface area (Å²) in [7, 11) is 0. The van der Waals surface area contributed by atoms with Gasteiger partial charge in [-0.3, -0.25) is 0 Å². The summed E-state index contributed by atoms with van der Waals surface area (Å²) in [4.78, 5) is 0. The predicted molar refractivity (Wildman–Crippen MR) is 77.3 cm³/mol. The number of rotatable bonds is 4. The first kappa shape index (κ1) is 12.2. The van der Waals surface area contributed by atoms with Crippen LogP contribution in [-0.4, -0.2) is 6.61 Å². The van der Waals surface area contributed by atoms with Crippen LogP contribution in [0, 0.1) is 0 Å². The van der Waals surface area contributed by atoms with Gasteiger partial charge in [0, 0.05) is 12.5 Å². The van der Waals surface area contributed by atoms with Crippen LogP contribution in [-0.2, 0) is 12.8 Å². The highest BCUT2D eigenvalue weighted by Gasteiger charge is 2.18. The summed E-state index contributed by atoms with van der Waals surface area (Å²) < 4.78 is 5.83. The molecule has 1 unspecified atom stereocenters. The van der Waals surface area contributed by atoms with Gasteiger partial charge in [-0.15, -0.1) is 0 Å². The molecule has 0 spiro atoms. The van der Waals surface area contributed by atoms with Crippen molar-refractivity contribution in [2.24, 2.45) is 5.73 Å². The lowest BCUT2D eigenvalue weighted by Gasteiger charge is -2.09. The third-order valence-corrected chi connectivity index (χ3v) is 3.74. The molecule has 0 saturated heterocycles. The molecule has 2 heteroatoms. The molecule has 1 aliphatic rings. The fourth-order valence-electron chi connectivity index (χ4n) is 2.65. The van der Waals surface area contributed by atoms with Gasteiger partial charge in [0.1, 0.15) is 5.75 Å². The Morgan fingerprint density at radius 1 is 1.11 bits per heavy atom. The lowest BCUT2D eigenvalue weighted by Crippen LogP contribution is -2.05. The number of hydrogen-bond donors (Lipinski definition) is 1. The van der Waals surface area contributed by atoms with Gasteiger partial charge in [-0.05, 0) is 41.7 Å². The summed E-state index contributed by atoms with van der Waals surface area (Å²) in [5.41, 5.74) is 9.98. The van der Waals surface area contributed by atoms with Crippen LogP contribution in [0.1, 0.15) is 29.2 Å². The van der Waals surface area contributed by atoms with E-state index in [1.807, 2.05) is 12.1 Å². The minimum atomic E-state index is 0.216. The van der Waals surface area contributed by atoms with E-state index in [1.54, 1.807) is 0 Å². The van der Waals surface area contributed by atoms with Gasteiger partial charge >= 0.3 is 0 Å². The summed E-state index contributed by atoms with van der Waals surface area (Å²) in [5.74, 6) is 0.962. The number of hydrogen-bond acceptors (Lipinski definition) is 2. The van der Waals surface area contributed by atoms with Gasteiger partial charge in [-0.1, -0.05) is 36.4 Å². The van der Waals surface area contributed by atoms with E-state index in [0.717, 1.165) is 31.6 Å². The van der Waals surface area contributed by atoms with E-state index in [0.29, 0.717) is 0 Å². The monoisotopic (exact) mass is 253 g/mol. The fraction of sp³-hybridized carbons (Fsp3) is 0.294. The first-order valence-corrected chi connectivity index (χ1v) is 6.88. The Balaban J connectivity index is 1.59. The molecule has 2 nitrogen and oxygen atoms in total. The zero-order valence-corrected chi connectivity index (χ0v) is 11.0. The zero-order valence-electron chi connectivity index (χ0n) is 11.0. The van der Waals surface area contributed by atoms with Crippen LogP contribution in [0.25, 0.3) is 0 Å². The van der Waals surface area contributed by atoms with Crippen LogP contribution in [0.5, 0.6) is 5.75 Å². The second kappa shape index (κ2) is 5.45. The van der Waals surface area contributed by atoms with Gasteiger partial charge in [0.25, 0.3) is 0 Å². The van der Waals surface area contributed by atoms with Gasteiger partial charge in [0.15, 0.2) is 0 Å². The van der Waals surface area contributed by atoms with Crippen LogP contribution in [0.15, 0.2) is 48.5 Å². The van der Waals surface area contributed by atoms with Crippen LogP contribution in [0.4, 0.5) is 0 Å². The maximum Gasteiger partial charge on any atom is 0.119 e. The molecular weight excluding hydrogens is 234 g/mol. The molecular formula is C17H19NO. The molecule has 1 atom stereocenters. The van der Waals surface area contributed by atoms with Crippen molar-refractivity contribution in [2.75, 3.05) is 6.61 Å². The molecule has 2 N–H and O–H groups in total. The topological polar surface area (TPSA) is 35.2 Å². The smallest absolute Gasteiger partial charge is 0.119 e. The minimum Gasteiger partial charge on any atom is -0.493 e. The third kappa shape index (κ3) is 2.79. The number of ether oxygens (including phenoxy) is 1. The maximum absolute atomic E-state index is 6.03. The molecule has 0 amide bonds. The van der Waals surface area contributed by atoms with Crippen LogP contribution < -0.4 is 10.5 Å². The fourth-order valence-corrected chi connectivity index (χ4v) is 2.65. The number of fused-ring (bicyclic) bond motifs is 1. The normalized spacial score (nSPS) is 17.2. The zero-order chi connectivity index (χ0) is 13.1. The van der Waals surface area contributed by atoms with E-state index >= 15 is 0 Å². The predicted octanol–water partition coefficient (Wildman–Crippen LogP) is 3.25. The molecule has 0 bridgehead atoms. The van der Waals surface area contributed by atoms with E-state index in [1.165, 1.54) is 16.7 Å². The van der Waals surface area contributed by atoms with Gasteiger partial charge in [0.05, 0.1) is 6.61 Å². The molecule has 0 radical (unpaired) electrons.